The molecular formula is C11H11N5S. The van der Waals surface area contributed by atoms with Crippen LogP contribution in [0.3, 0.4) is 0 Å². The number of nitrogens with zero attached hydrogens (tertiary/aromatic N) is 3. The van der Waals surface area contributed by atoms with Gasteiger partial charge in [0.05, 0.1) is 4.88 Å². The van der Waals surface area contributed by atoms with E-state index in [1.807, 2.05) is 36.6 Å². The fourth-order valence-corrected chi connectivity index (χ4v) is 2.43. The Morgan fingerprint density at radius 3 is 3.00 bits per heavy atom. The number of rotatable bonds is 2. The van der Waals surface area contributed by atoms with Gasteiger partial charge in [-0.3, -0.25) is 0 Å². The van der Waals surface area contributed by atoms with E-state index in [0.29, 0.717) is 0 Å². The molecule has 0 saturated heterocycles. The summed E-state index contributed by atoms with van der Waals surface area (Å²) in [7, 11) is 0. The van der Waals surface area contributed by atoms with Crippen LogP contribution < -0.4 is 11.3 Å². The van der Waals surface area contributed by atoms with Crippen LogP contribution in [0.5, 0.6) is 0 Å². The van der Waals surface area contributed by atoms with E-state index in [1.54, 1.807) is 15.9 Å². The zero-order chi connectivity index (χ0) is 11.8. The van der Waals surface area contributed by atoms with Crippen molar-refractivity contribution in [1.82, 2.24) is 14.6 Å². The van der Waals surface area contributed by atoms with E-state index in [2.05, 4.69) is 15.5 Å². The molecule has 0 aliphatic carbocycles. The minimum absolute atomic E-state index is 0.732. The Labute approximate surface area is 102 Å². The van der Waals surface area contributed by atoms with E-state index < -0.39 is 0 Å². The minimum atomic E-state index is 0.732. The lowest BCUT2D eigenvalue weighted by Crippen LogP contribution is -2.12. The van der Waals surface area contributed by atoms with Crippen molar-refractivity contribution in [3.63, 3.8) is 0 Å². The number of nitrogens with one attached hydrogen (secondary N) is 1. The van der Waals surface area contributed by atoms with Crippen molar-refractivity contribution >= 4 is 22.8 Å². The number of aromatic nitrogens is 3. The van der Waals surface area contributed by atoms with Crippen molar-refractivity contribution < 1.29 is 0 Å². The monoisotopic (exact) mass is 245 g/mol. The summed E-state index contributed by atoms with van der Waals surface area (Å²) in [4.78, 5) is 5.55. The van der Waals surface area contributed by atoms with Crippen molar-refractivity contribution in [2.75, 3.05) is 5.43 Å². The van der Waals surface area contributed by atoms with Gasteiger partial charge in [0.1, 0.15) is 11.5 Å². The fourth-order valence-electron chi connectivity index (χ4n) is 1.75. The highest BCUT2D eigenvalue weighted by atomic mass is 32.1. The minimum Gasteiger partial charge on any atom is -0.308 e. The highest BCUT2D eigenvalue weighted by Crippen LogP contribution is 2.25. The Balaban J connectivity index is 2.25. The molecule has 86 valence electrons. The second-order valence-electron chi connectivity index (χ2n) is 3.70. The Morgan fingerprint density at radius 2 is 2.29 bits per heavy atom. The predicted molar refractivity (Wildman–Crippen MR) is 68.8 cm³/mol. The van der Waals surface area contributed by atoms with Crippen molar-refractivity contribution in [3.05, 3.63) is 35.3 Å². The molecule has 0 radical (unpaired) electrons. The quantitative estimate of drug-likeness (QED) is 0.535. The number of hydrazine groups is 1. The molecule has 3 rings (SSSR count). The van der Waals surface area contributed by atoms with Gasteiger partial charge >= 0.3 is 0 Å². The molecule has 3 aromatic rings. The molecule has 3 heterocycles. The molecular weight excluding hydrogens is 234 g/mol. The van der Waals surface area contributed by atoms with E-state index in [-0.39, 0.29) is 0 Å². The number of nitrogen functional groups attached to an aromatic ring is 1. The highest BCUT2D eigenvalue weighted by Gasteiger charge is 2.09. The zero-order valence-electron chi connectivity index (χ0n) is 9.21. The van der Waals surface area contributed by atoms with Gasteiger partial charge in [-0.1, -0.05) is 6.07 Å². The van der Waals surface area contributed by atoms with E-state index in [1.165, 1.54) is 0 Å². The number of anilines is 1. The molecule has 0 bridgehead atoms. The maximum atomic E-state index is 5.48. The normalized spacial score (nSPS) is 10.9. The molecule has 17 heavy (non-hydrogen) atoms. The number of fused-ring (bicyclic) bond motifs is 1. The van der Waals surface area contributed by atoms with Gasteiger partial charge < -0.3 is 5.43 Å². The summed E-state index contributed by atoms with van der Waals surface area (Å²) >= 11 is 1.65. The van der Waals surface area contributed by atoms with E-state index in [4.69, 9.17) is 5.84 Å². The van der Waals surface area contributed by atoms with Crippen LogP contribution in [0.1, 0.15) is 5.69 Å². The van der Waals surface area contributed by atoms with Gasteiger partial charge in [-0.15, -0.1) is 11.3 Å². The summed E-state index contributed by atoms with van der Waals surface area (Å²) in [5.41, 5.74) is 5.24. The molecule has 0 aliphatic heterocycles. The van der Waals surface area contributed by atoms with Gasteiger partial charge in [-0.25, -0.2) is 10.8 Å². The lowest BCUT2D eigenvalue weighted by atomic mass is 10.3. The van der Waals surface area contributed by atoms with Crippen LogP contribution in [-0.4, -0.2) is 14.6 Å². The molecule has 0 unspecified atom stereocenters. The van der Waals surface area contributed by atoms with Gasteiger partial charge in [0.25, 0.3) is 0 Å². The van der Waals surface area contributed by atoms with Crippen LogP contribution in [0.4, 0.5) is 5.82 Å². The second kappa shape index (κ2) is 3.83. The zero-order valence-corrected chi connectivity index (χ0v) is 10.0. The third-order valence-corrected chi connectivity index (χ3v) is 3.37. The molecule has 0 saturated carbocycles. The van der Waals surface area contributed by atoms with Crippen LogP contribution in [-0.2, 0) is 0 Å². The van der Waals surface area contributed by atoms with E-state index in [9.17, 15) is 0 Å². The first-order valence-corrected chi connectivity index (χ1v) is 6.04. The number of hydrogen-bond donors (Lipinski definition) is 2. The van der Waals surface area contributed by atoms with Crippen molar-refractivity contribution in [2.45, 2.75) is 6.92 Å². The molecule has 0 spiro atoms. The molecule has 0 aromatic carbocycles. The van der Waals surface area contributed by atoms with Crippen molar-refractivity contribution in [2.24, 2.45) is 5.84 Å². The summed E-state index contributed by atoms with van der Waals surface area (Å²) in [6, 6.07) is 7.86. The van der Waals surface area contributed by atoms with Crippen LogP contribution in [0, 0.1) is 6.92 Å². The van der Waals surface area contributed by atoms with Crippen LogP contribution in [0.25, 0.3) is 16.2 Å². The fraction of sp³-hybridized carbons (Fsp3) is 0.0909. The topological polar surface area (TPSA) is 68.2 Å². The van der Waals surface area contributed by atoms with Crippen molar-refractivity contribution in [3.8, 4) is 10.6 Å². The number of nitrogens with two attached hydrogens (primary N) is 1. The van der Waals surface area contributed by atoms with Crippen molar-refractivity contribution in [1.29, 1.82) is 0 Å². The van der Waals surface area contributed by atoms with E-state index in [0.717, 1.165) is 27.7 Å². The van der Waals surface area contributed by atoms with Gasteiger partial charge in [0.2, 0.25) is 0 Å². The molecule has 6 heteroatoms. The Hall–Kier alpha value is -1.92. The van der Waals surface area contributed by atoms with E-state index >= 15 is 0 Å². The Morgan fingerprint density at radius 1 is 1.41 bits per heavy atom. The summed E-state index contributed by atoms with van der Waals surface area (Å²) in [5, 5.41) is 6.52. The Kier molecular flexibility index (Phi) is 2.31. The average molecular weight is 245 g/mol. The molecule has 5 nitrogen and oxygen atoms in total. The number of thiophene rings is 1. The second-order valence-corrected chi connectivity index (χ2v) is 4.65. The maximum Gasteiger partial charge on any atom is 0.158 e. The van der Waals surface area contributed by atoms with Crippen LogP contribution >= 0.6 is 11.3 Å². The average Bonchev–Trinajstić information content (AvgIpc) is 2.95. The molecule has 3 N–H and O–H groups in total. The molecule has 3 aromatic heterocycles. The van der Waals surface area contributed by atoms with Crippen LogP contribution in [0.15, 0.2) is 29.6 Å². The first-order chi connectivity index (χ1) is 8.28. The third-order valence-electron chi connectivity index (χ3n) is 2.48. The molecule has 0 aliphatic rings. The summed E-state index contributed by atoms with van der Waals surface area (Å²) in [5.74, 6) is 6.21. The lowest BCUT2D eigenvalue weighted by molar-refractivity contribution is 0.931. The summed E-state index contributed by atoms with van der Waals surface area (Å²) in [6.07, 6.45) is 0. The first-order valence-electron chi connectivity index (χ1n) is 5.16. The van der Waals surface area contributed by atoms with Crippen LogP contribution in [0.2, 0.25) is 0 Å². The van der Waals surface area contributed by atoms with Gasteiger partial charge in [-0.2, -0.15) is 9.61 Å². The van der Waals surface area contributed by atoms with Gasteiger partial charge in [0, 0.05) is 17.8 Å². The Bertz CT molecular complexity index is 656. The SMILES string of the molecule is Cc1cc(NN)n2nc(-c3cccs3)cc2n1. The standard InChI is InChI=1S/C11H11N5S/c1-7-5-11(14-12)16-10(13-7)6-8(15-16)9-3-2-4-17-9/h2-6,14H,12H2,1H3. The smallest absolute Gasteiger partial charge is 0.158 e. The molecule has 0 fully saturated rings. The summed E-state index contributed by atoms with van der Waals surface area (Å²) in [6.45, 7) is 1.93. The summed E-state index contributed by atoms with van der Waals surface area (Å²) < 4.78 is 1.71. The number of hydrogen-bond acceptors (Lipinski definition) is 5. The third kappa shape index (κ3) is 1.67. The van der Waals surface area contributed by atoms with Gasteiger partial charge in [-0.05, 0) is 18.4 Å². The molecule has 0 atom stereocenters. The van der Waals surface area contributed by atoms with Gasteiger partial charge in [0.15, 0.2) is 5.65 Å². The highest BCUT2D eigenvalue weighted by molar-refractivity contribution is 7.13. The number of aryl methyl sites for hydroxylation is 1. The lowest BCUT2D eigenvalue weighted by Gasteiger charge is -2.03. The first kappa shape index (κ1) is 10.2. The predicted octanol–water partition coefficient (Wildman–Crippen LogP) is 2.05. The molecule has 0 amide bonds. The largest absolute Gasteiger partial charge is 0.308 e. The maximum absolute atomic E-state index is 5.48.